The molecule has 0 saturated carbocycles. The van der Waals surface area contributed by atoms with Crippen molar-refractivity contribution >= 4 is 17.4 Å². The fraction of sp³-hybridized carbons (Fsp3) is 0.429. The van der Waals surface area contributed by atoms with E-state index in [1.165, 1.54) is 0 Å². The molecule has 5 rings (SSSR count). The maximum absolute atomic E-state index is 13.0. The molecule has 0 aromatic carbocycles. The Morgan fingerprint density at radius 2 is 2.11 bits per heavy atom. The van der Waals surface area contributed by atoms with E-state index in [9.17, 15) is 4.79 Å². The van der Waals surface area contributed by atoms with Gasteiger partial charge in [-0.15, -0.1) is 0 Å². The van der Waals surface area contributed by atoms with Gasteiger partial charge in [-0.2, -0.15) is 5.10 Å². The van der Waals surface area contributed by atoms with Gasteiger partial charge in [-0.1, -0.05) is 6.07 Å². The summed E-state index contributed by atoms with van der Waals surface area (Å²) in [7, 11) is 0. The van der Waals surface area contributed by atoms with Crippen molar-refractivity contribution in [1.82, 2.24) is 24.9 Å². The van der Waals surface area contributed by atoms with Crippen molar-refractivity contribution in [2.24, 2.45) is 0 Å². The standard InChI is InChI=1S/C21H24N6O/c1-21(2)10-8-14-5-3-6-16(23-14)17-7-4-11-26(17)18-9-12-27-19(24-18)15(13-22-27)20(28)25-21/h3,5-6,9,12-13,17H,4,7-8,10-11H2,1-2H3,(H,25,28). The Morgan fingerprint density at radius 3 is 3.00 bits per heavy atom. The molecule has 4 bridgehead atoms. The van der Waals surface area contributed by atoms with E-state index in [0.717, 1.165) is 49.4 Å². The largest absolute Gasteiger partial charge is 0.348 e. The summed E-state index contributed by atoms with van der Waals surface area (Å²) in [6.45, 7) is 5.02. The molecule has 144 valence electrons. The van der Waals surface area contributed by atoms with Crippen LogP contribution in [-0.2, 0) is 6.42 Å². The monoisotopic (exact) mass is 376 g/mol. The number of pyridine rings is 1. The summed E-state index contributed by atoms with van der Waals surface area (Å²) in [6.07, 6.45) is 7.27. The molecule has 1 N–H and O–H groups in total. The van der Waals surface area contributed by atoms with Gasteiger partial charge < -0.3 is 10.2 Å². The van der Waals surface area contributed by atoms with Crippen LogP contribution in [-0.4, -0.2) is 37.6 Å². The van der Waals surface area contributed by atoms with E-state index in [-0.39, 0.29) is 17.5 Å². The molecule has 1 atom stereocenters. The number of hydrogen-bond acceptors (Lipinski definition) is 5. The van der Waals surface area contributed by atoms with Crippen LogP contribution in [0.25, 0.3) is 5.65 Å². The summed E-state index contributed by atoms with van der Waals surface area (Å²) >= 11 is 0. The molecule has 5 heterocycles. The number of aromatic nitrogens is 4. The number of nitrogens with zero attached hydrogens (tertiary/aromatic N) is 5. The molecule has 0 radical (unpaired) electrons. The van der Waals surface area contributed by atoms with Crippen molar-refractivity contribution in [1.29, 1.82) is 0 Å². The highest BCUT2D eigenvalue weighted by Gasteiger charge is 2.30. The van der Waals surface area contributed by atoms with Crippen molar-refractivity contribution < 1.29 is 4.79 Å². The Hall–Kier alpha value is -2.96. The third kappa shape index (κ3) is 2.91. The molecule has 2 aliphatic rings. The van der Waals surface area contributed by atoms with E-state index in [1.54, 1.807) is 10.7 Å². The van der Waals surface area contributed by atoms with Crippen molar-refractivity contribution in [3.05, 3.63) is 53.6 Å². The second-order valence-electron chi connectivity index (χ2n) is 8.36. The first kappa shape index (κ1) is 17.2. The molecule has 7 heteroatoms. The van der Waals surface area contributed by atoms with Gasteiger partial charge >= 0.3 is 0 Å². The molecule has 1 fully saturated rings. The first-order valence-corrected chi connectivity index (χ1v) is 9.90. The van der Waals surface area contributed by atoms with E-state index < -0.39 is 0 Å². The molecule has 0 spiro atoms. The lowest BCUT2D eigenvalue weighted by atomic mass is 9.96. The number of anilines is 1. The maximum atomic E-state index is 13.0. The number of hydrogen-bond donors (Lipinski definition) is 1. The second kappa shape index (κ2) is 6.29. The van der Waals surface area contributed by atoms with Gasteiger partial charge in [-0.05, 0) is 57.7 Å². The van der Waals surface area contributed by atoms with Crippen LogP contribution in [0.4, 0.5) is 5.82 Å². The lowest BCUT2D eigenvalue weighted by Crippen LogP contribution is -2.43. The fourth-order valence-corrected chi connectivity index (χ4v) is 4.23. The molecular formula is C21H24N6O. The quantitative estimate of drug-likeness (QED) is 0.653. The Bertz CT molecular complexity index is 1060. The van der Waals surface area contributed by atoms with E-state index in [0.29, 0.717) is 11.2 Å². The number of carbonyl (C=O) groups excluding carboxylic acids is 1. The van der Waals surface area contributed by atoms with Crippen LogP contribution in [0.3, 0.4) is 0 Å². The minimum atomic E-state index is -0.357. The Balaban J connectivity index is 1.67. The first-order valence-electron chi connectivity index (χ1n) is 9.90. The molecular weight excluding hydrogens is 352 g/mol. The summed E-state index contributed by atoms with van der Waals surface area (Å²) in [5, 5.41) is 7.46. The zero-order valence-electron chi connectivity index (χ0n) is 16.2. The molecule has 1 saturated heterocycles. The lowest BCUT2D eigenvalue weighted by Gasteiger charge is -2.28. The molecule has 0 aliphatic carbocycles. The maximum Gasteiger partial charge on any atom is 0.257 e. The highest BCUT2D eigenvalue weighted by Crippen LogP contribution is 2.35. The van der Waals surface area contributed by atoms with E-state index in [1.807, 2.05) is 26.1 Å². The third-order valence-electron chi connectivity index (χ3n) is 5.77. The molecule has 28 heavy (non-hydrogen) atoms. The van der Waals surface area contributed by atoms with Gasteiger partial charge in [0.1, 0.15) is 11.4 Å². The molecule has 3 aromatic rings. The zero-order valence-corrected chi connectivity index (χ0v) is 16.2. The van der Waals surface area contributed by atoms with Crippen LogP contribution >= 0.6 is 0 Å². The molecule has 2 aliphatic heterocycles. The summed E-state index contributed by atoms with van der Waals surface area (Å²) in [5.74, 6) is 0.731. The highest BCUT2D eigenvalue weighted by atomic mass is 16.1. The number of aryl methyl sites for hydroxylation is 1. The van der Waals surface area contributed by atoms with Crippen molar-refractivity contribution in [3.63, 3.8) is 0 Å². The second-order valence-corrected chi connectivity index (χ2v) is 8.36. The number of nitrogens with one attached hydrogen (secondary N) is 1. The minimum Gasteiger partial charge on any atom is -0.348 e. The molecule has 1 unspecified atom stereocenters. The van der Waals surface area contributed by atoms with Crippen LogP contribution in [0.2, 0.25) is 0 Å². The van der Waals surface area contributed by atoms with Gasteiger partial charge in [0.05, 0.1) is 17.9 Å². The normalized spacial score (nSPS) is 21.4. The van der Waals surface area contributed by atoms with Crippen molar-refractivity contribution in [2.75, 3.05) is 11.4 Å². The number of rotatable bonds is 0. The Morgan fingerprint density at radius 1 is 1.21 bits per heavy atom. The van der Waals surface area contributed by atoms with Crippen LogP contribution in [0, 0.1) is 0 Å². The van der Waals surface area contributed by atoms with Gasteiger partial charge in [0.15, 0.2) is 5.65 Å². The van der Waals surface area contributed by atoms with E-state index in [4.69, 9.17) is 9.97 Å². The van der Waals surface area contributed by atoms with Crippen LogP contribution in [0.1, 0.15) is 60.9 Å². The van der Waals surface area contributed by atoms with E-state index >= 15 is 0 Å². The number of fused-ring (bicyclic) bond motifs is 6. The third-order valence-corrected chi connectivity index (χ3v) is 5.77. The molecule has 1 amide bonds. The summed E-state index contributed by atoms with van der Waals surface area (Å²) in [6, 6.07) is 8.48. The minimum absolute atomic E-state index is 0.138. The smallest absolute Gasteiger partial charge is 0.257 e. The van der Waals surface area contributed by atoms with Gasteiger partial charge in [0.25, 0.3) is 5.91 Å². The van der Waals surface area contributed by atoms with Crippen molar-refractivity contribution in [3.8, 4) is 0 Å². The van der Waals surface area contributed by atoms with E-state index in [2.05, 4.69) is 33.5 Å². The number of carbonyl (C=O) groups is 1. The predicted molar refractivity (Wildman–Crippen MR) is 106 cm³/mol. The average Bonchev–Trinajstić information content (AvgIpc) is 3.32. The van der Waals surface area contributed by atoms with Gasteiger partial charge in [0, 0.05) is 24.0 Å². The zero-order chi connectivity index (χ0) is 19.3. The van der Waals surface area contributed by atoms with Gasteiger partial charge in [0.2, 0.25) is 0 Å². The summed E-state index contributed by atoms with van der Waals surface area (Å²) < 4.78 is 1.67. The lowest BCUT2D eigenvalue weighted by molar-refractivity contribution is 0.0910. The SMILES string of the molecule is CC1(C)CCc2cccc(n2)C2CCCN2c2ccn3ncc(c3n2)C(=O)N1. The Kier molecular flexibility index (Phi) is 3.86. The number of amides is 1. The topological polar surface area (TPSA) is 75.4 Å². The predicted octanol–water partition coefficient (Wildman–Crippen LogP) is 2.92. The average molecular weight is 376 g/mol. The first-order chi connectivity index (χ1) is 13.5. The highest BCUT2D eigenvalue weighted by molar-refractivity contribution is 6.00. The van der Waals surface area contributed by atoms with Gasteiger partial charge in [-0.25, -0.2) is 9.50 Å². The van der Waals surface area contributed by atoms with Crippen LogP contribution < -0.4 is 10.2 Å². The van der Waals surface area contributed by atoms with Gasteiger partial charge in [-0.3, -0.25) is 9.78 Å². The Labute approximate surface area is 163 Å². The van der Waals surface area contributed by atoms with Crippen molar-refractivity contribution in [2.45, 2.75) is 51.1 Å². The summed E-state index contributed by atoms with van der Waals surface area (Å²) in [5.41, 5.74) is 2.92. The molecule has 7 nitrogen and oxygen atoms in total. The fourth-order valence-electron chi connectivity index (χ4n) is 4.23. The summed E-state index contributed by atoms with van der Waals surface area (Å²) in [4.78, 5) is 25.0. The molecule has 3 aromatic heterocycles. The van der Waals surface area contributed by atoms with Crippen LogP contribution in [0.5, 0.6) is 0 Å². The van der Waals surface area contributed by atoms with Crippen LogP contribution in [0.15, 0.2) is 36.7 Å².